The third kappa shape index (κ3) is 4.23. The van der Waals surface area contributed by atoms with E-state index in [0.717, 1.165) is 6.42 Å². The number of halogens is 1. The molecule has 0 saturated carbocycles. The summed E-state index contributed by atoms with van der Waals surface area (Å²) < 4.78 is 4.65. The fourth-order valence-electron chi connectivity index (χ4n) is 6.00. The molecule has 3 heterocycles. The number of nitrogens with zero attached hydrogens (tertiary/aromatic N) is 2. The van der Waals surface area contributed by atoms with Crippen molar-refractivity contribution in [3.05, 3.63) is 12.7 Å². The minimum atomic E-state index is -0.773. The van der Waals surface area contributed by atoms with Crippen LogP contribution in [0.1, 0.15) is 54.4 Å². The van der Waals surface area contributed by atoms with E-state index < -0.39 is 34.2 Å². The van der Waals surface area contributed by atoms with Crippen molar-refractivity contribution in [1.82, 2.24) is 9.80 Å². The highest BCUT2D eigenvalue weighted by atomic mass is 79.9. The summed E-state index contributed by atoms with van der Waals surface area (Å²) in [7, 11) is 0. The first-order valence-corrected chi connectivity index (χ1v) is 14.0. The summed E-state index contributed by atoms with van der Waals surface area (Å²) >= 11 is 5.35. The highest BCUT2D eigenvalue weighted by molar-refractivity contribution is 9.09. The number of carbonyl (C=O) groups is 3. The Kier molecular flexibility index (Phi) is 8.20. The van der Waals surface area contributed by atoms with Crippen LogP contribution in [0.2, 0.25) is 0 Å². The molecular weight excluding hydrogens is 520 g/mol. The maximum absolute atomic E-state index is 14.4. The third-order valence-electron chi connectivity index (χ3n) is 7.75. The Labute approximate surface area is 216 Å². The predicted molar refractivity (Wildman–Crippen MR) is 138 cm³/mol. The van der Waals surface area contributed by atoms with Gasteiger partial charge in [0.15, 0.2) is 0 Å². The lowest BCUT2D eigenvalue weighted by molar-refractivity contribution is -0.154. The predicted octanol–water partition coefficient (Wildman–Crippen LogP) is 3.23. The van der Waals surface area contributed by atoms with Crippen molar-refractivity contribution in [3.63, 3.8) is 0 Å². The number of alkyl halides is 1. The number of aliphatic hydroxyl groups excluding tert-OH is 1. The van der Waals surface area contributed by atoms with E-state index in [4.69, 9.17) is 4.74 Å². The van der Waals surface area contributed by atoms with Crippen molar-refractivity contribution >= 4 is 45.5 Å². The molecule has 3 fully saturated rings. The number of fused-ring (bicyclic) bond motifs is 1. The van der Waals surface area contributed by atoms with Crippen LogP contribution in [0.15, 0.2) is 12.7 Å². The maximum atomic E-state index is 14.4. The van der Waals surface area contributed by atoms with Crippen molar-refractivity contribution in [2.24, 2.45) is 17.8 Å². The Morgan fingerprint density at radius 2 is 2.06 bits per heavy atom. The molecule has 3 unspecified atom stereocenters. The molecule has 9 heteroatoms. The average molecular weight is 560 g/mol. The van der Waals surface area contributed by atoms with E-state index in [2.05, 4.69) is 22.5 Å². The molecule has 0 radical (unpaired) electrons. The number of likely N-dealkylation sites (tertiary alicyclic amines) is 1. The van der Waals surface area contributed by atoms with Crippen LogP contribution in [0.3, 0.4) is 0 Å². The Morgan fingerprint density at radius 1 is 1.41 bits per heavy atom. The van der Waals surface area contributed by atoms with Gasteiger partial charge in [0.05, 0.1) is 35.8 Å². The van der Waals surface area contributed by atoms with Crippen molar-refractivity contribution < 1.29 is 24.2 Å². The fourth-order valence-corrected chi connectivity index (χ4v) is 9.58. The van der Waals surface area contributed by atoms with Gasteiger partial charge in [-0.2, -0.15) is 0 Å². The topological polar surface area (TPSA) is 87.2 Å². The lowest BCUT2D eigenvalue weighted by Crippen LogP contribution is -2.61. The molecule has 2 bridgehead atoms. The van der Waals surface area contributed by atoms with Gasteiger partial charge in [0.2, 0.25) is 11.8 Å². The van der Waals surface area contributed by atoms with E-state index in [0.29, 0.717) is 13.0 Å². The lowest BCUT2D eigenvalue weighted by atomic mass is 9.71. The van der Waals surface area contributed by atoms with Crippen molar-refractivity contribution in [2.75, 3.05) is 19.8 Å². The Balaban J connectivity index is 2.18. The highest BCUT2D eigenvalue weighted by Crippen LogP contribution is 2.68. The van der Waals surface area contributed by atoms with Crippen LogP contribution in [0.5, 0.6) is 0 Å². The highest BCUT2D eigenvalue weighted by Gasteiger charge is 2.77. The van der Waals surface area contributed by atoms with Crippen molar-refractivity contribution in [1.29, 1.82) is 0 Å². The fraction of sp³-hybridized carbons (Fsp3) is 0.800. The molecule has 3 rings (SSSR count). The quantitative estimate of drug-likeness (QED) is 0.265. The van der Waals surface area contributed by atoms with Crippen LogP contribution in [-0.2, 0) is 19.1 Å². The molecule has 2 amide bonds. The molecule has 0 aromatic rings. The first-order valence-electron chi connectivity index (χ1n) is 12.2. The molecule has 3 aliphatic rings. The lowest BCUT2D eigenvalue weighted by Gasteiger charge is -2.44. The van der Waals surface area contributed by atoms with Gasteiger partial charge in [-0.3, -0.25) is 14.4 Å². The number of esters is 1. The number of hydrogen-bond donors (Lipinski definition) is 1. The number of aliphatic hydroxyl groups is 1. The first-order chi connectivity index (χ1) is 15.9. The summed E-state index contributed by atoms with van der Waals surface area (Å²) in [4.78, 5) is 45.0. The average Bonchev–Trinajstić information content (AvgIpc) is 3.35. The third-order valence-corrected chi connectivity index (χ3v) is 11.0. The number of rotatable bonds is 9. The summed E-state index contributed by atoms with van der Waals surface area (Å²) in [5.74, 6) is -2.01. The molecule has 7 nitrogen and oxygen atoms in total. The van der Waals surface area contributed by atoms with Gasteiger partial charge in [0.25, 0.3) is 0 Å². The van der Waals surface area contributed by atoms with Gasteiger partial charge >= 0.3 is 5.97 Å². The van der Waals surface area contributed by atoms with Gasteiger partial charge in [0, 0.05) is 22.2 Å². The largest absolute Gasteiger partial charge is 0.466 e. The van der Waals surface area contributed by atoms with E-state index in [1.807, 2.05) is 34.6 Å². The van der Waals surface area contributed by atoms with E-state index >= 15 is 0 Å². The summed E-state index contributed by atoms with van der Waals surface area (Å²) in [6.07, 6.45) is 3.05. The SMILES string of the molecule is C=CCN(C(=O)C1N([C@@H](CO)[C@@H](C)CC)C(=O)[C@@H]2[C@@H](C(=O)OCC)[C@@H]3SC12CC3Br)C(C)(C)C. The molecule has 34 heavy (non-hydrogen) atoms. The number of hydrogen-bond acceptors (Lipinski definition) is 6. The number of ether oxygens (including phenoxy) is 1. The standard InChI is InChI=1S/C25H39BrN2O5S/c1-8-11-27(24(5,6)7)22(31)20-25-12-15(26)19(34-25)17(23(32)33-10-3)18(25)21(30)28(20)16(13-29)14(4)9-2/h8,14-20,29H,1,9-13H2,2-7H3/t14-,15?,16-,17+,18-,19+,20?,25?/m0/s1. The van der Waals surface area contributed by atoms with E-state index in [9.17, 15) is 19.5 Å². The van der Waals surface area contributed by atoms with Gasteiger partial charge < -0.3 is 19.6 Å². The van der Waals surface area contributed by atoms with Crippen molar-refractivity contribution in [2.45, 2.75) is 86.8 Å². The van der Waals surface area contributed by atoms with E-state index in [-0.39, 0.29) is 47.0 Å². The molecule has 1 N–H and O–H groups in total. The molecule has 192 valence electrons. The zero-order valence-electron chi connectivity index (χ0n) is 21.1. The van der Waals surface area contributed by atoms with Gasteiger partial charge in [-0.25, -0.2) is 0 Å². The Bertz CT molecular complexity index is 833. The van der Waals surface area contributed by atoms with Gasteiger partial charge in [0.1, 0.15) is 6.04 Å². The summed E-state index contributed by atoms with van der Waals surface area (Å²) in [6, 6.07) is -1.28. The van der Waals surface area contributed by atoms with Crippen molar-refractivity contribution in [3.8, 4) is 0 Å². The molecule has 3 saturated heterocycles. The first kappa shape index (κ1) is 27.5. The monoisotopic (exact) mass is 558 g/mol. The number of amides is 2. The van der Waals surface area contributed by atoms with Gasteiger partial charge in [-0.05, 0) is 40.0 Å². The zero-order chi connectivity index (χ0) is 25.6. The molecule has 3 aliphatic heterocycles. The second-order valence-corrected chi connectivity index (χ2v) is 13.4. The molecule has 8 atom stereocenters. The van der Waals surface area contributed by atoms with Crippen LogP contribution in [0.25, 0.3) is 0 Å². The number of thioether (sulfide) groups is 1. The summed E-state index contributed by atoms with van der Waals surface area (Å²) in [6.45, 7) is 15.9. The molecule has 0 aromatic carbocycles. The normalized spacial score (nSPS) is 34.1. The van der Waals surface area contributed by atoms with Crippen LogP contribution in [0.4, 0.5) is 0 Å². The van der Waals surface area contributed by atoms with Gasteiger partial charge in [-0.1, -0.05) is 42.3 Å². The van der Waals surface area contributed by atoms with E-state index in [1.165, 1.54) is 0 Å². The van der Waals surface area contributed by atoms with Crippen LogP contribution in [-0.4, -0.2) is 84.9 Å². The molecule has 0 aliphatic carbocycles. The summed E-state index contributed by atoms with van der Waals surface area (Å²) in [5, 5.41) is 10.3. The Hall–Kier alpha value is -1.06. The smallest absolute Gasteiger partial charge is 0.310 e. The Morgan fingerprint density at radius 3 is 2.56 bits per heavy atom. The molecule has 0 aromatic heterocycles. The minimum absolute atomic E-state index is 0.00928. The molecular formula is C25H39BrN2O5S. The van der Waals surface area contributed by atoms with Gasteiger partial charge in [-0.15, -0.1) is 18.3 Å². The van der Waals surface area contributed by atoms with E-state index in [1.54, 1.807) is 34.6 Å². The van der Waals surface area contributed by atoms with Crippen LogP contribution < -0.4 is 0 Å². The second kappa shape index (κ2) is 10.1. The number of carbonyl (C=O) groups excluding carboxylic acids is 3. The molecule has 1 spiro atoms. The van der Waals surface area contributed by atoms with Crippen LogP contribution >= 0.6 is 27.7 Å². The minimum Gasteiger partial charge on any atom is -0.466 e. The van der Waals surface area contributed by atoms with Crippen LogP contribution in [0, 0.1) is 17.8 Å². The maximum Gasteiger partial charge on any atom is 0.310 e. The zero-order valence-corrected chi connectivity index (χ0v) is 23.5. The summed E-state index contributed by atoms with van der Waals surface area (Å²) in [5.41, 5.74) is -0.491. The second-order valence-electron chi connectivity index (χ2n) is 10.7.